The zero-order valence-electron chi connectivity index (χ0n) is 13.6. The molecule has 7 nitrogen and oxygen atoms in total. The van der Waals surface area contributed by atoms with Gasteiger partial charge in [0.15, 0.2) is 0 Å². The number of carbonyl (C=O) groups excluding carboxylic acids is 1. The molecule has 2 atom stereocenters. The number of anilines is 1. The van der Waals surface area contributed by atoms with E-state index in [0.717, 1.165) is 50.5 Å². The molecule has 2 saturated heterocycles. The van der Waals surface area contributed by atoms with Crippen molar-refractivity contribution in [2.45, 2.75) is 31.7 Å². The lowest BCUT2D eigenvalue weighted by molar-refractivity contribution is -0.139. The second-order valence-corrected chi connectivity index (χ2v) is 6.56. The van der Waals surface area contributed by atoms with Crippen molar-refractivity contribution in [3.05, 3.63) is 36.7 Å². The summed E-state index contributed by atoms with van der Waals surface area (Å²) in [6.45, 7) is 2.60. The number of hydrogen-bond donors (Lipinski definition) is 1. The van der Waals surface area contributed by atoms with Crippen molar-refractivity contribution >= 4 is 11.9 Å². The van der Waals surface area contributed by atoms with Gasteiger partial charge in [-0.05, 0) is 24.8 Å². The molecule has 2 aromatic rings. The number of nitrogens with zero attached hydrogens (tertiary/aromatic N) is 5. The quantitative estimate of drug-likeness (QED) is 0.915. The van der Waals surface area contributed by atoms with Crippen LogP contribution >= 0.6 is 0 Å². The van der Waals surface area contributed by atoms with Crippen LogP contribution in [0.5, 0.6) is 0 Å². The van der Waals surface area contributed by atoms with E-state index in [9.17, 15) is 4.79 Å². The van der Waals surface area contributed by atoms with Gasteiger partial charge in [0, 0.05) is 62.8 Å². The zero-order chi connectivity index (χ0) is 16.4. The number of likely N-dealkylation sites (tertiary alicyclic amines) is 1. The Labute approximate surface area is 141 Å². The minimum absolute atomic E-state index is 0.292. The molecule has 24 heavy (non-hydrogen) atoms. The molecule has 7 heteroatoms. The number of carbonyl (C=O) groups is 1. The summed E-state index contributed by atoms with van der Waals surface area (Å²) in [4.78, 5) is 32.7. The van der Waals surface area contributed by atoms with Gasteiger partial charge in [0.1, 0.15) is 0 Å². The van der Waals surface area contributed by atoms with Crippen LogP contribution in [0.25, 0.3) is 0 Å². The highest BCUT2D eigenvalue weighted by Crippen LogP contribution is 2.32. The Hall–Kier alpha value is -2.44. The summed E-state index contributed by atoms with van der Waals surface area (Å²) in [6.07, 6.45) is 10.5. The number of hydrogen-bond acceptors (Lipinski definition) is 5. The minimum atomic E-state index is 0.292. The number of nitrogens with one attached hydrogen (secondary N) is 1. The molecule has 1 N–H and O–H groups in total. The van der Waals surface area contributed by atoms with Crippen LogP contribution in [0.15, 0.2) is 31.0 Å². The van der Waals surface area contributed by atoms with E-state index in [1.54, 1.807) is 18.7 Å². The molecular formula is C17H22N6O. The first-order chi connectivity index (χ1) is 11.8. The summed E-state index contributed by atoms with van der Waals surface area (Å²) in [7, 11) is 0. The van der Waals surface area contributed by atoms with E-state index in [2.05, 4.69) is 29.7 Å². The highest BCUT2D eigenvalue weighted by molar-refractivity contribution is 5.77. The standard InChI is InChI=1S/C17H22N6O/c24-16-3-2-13-11-22(17-19-6-1-7-20-17)8-5-15(13)23(16)9-4-14-10-18-12-21-14/h1,6-7,10,12-13,15H,2-5,8-9,11H2,(H,18,21)/t13-,15+/m1/s1. The van der Waals surface area contributed by atoms with Crippen LogP contribution < -0.4 is 4.90 Å². The molecule has 2 aromatic heterocycles. The fraction of sp³-hybridized carbons (Fsp3) is 0.529. The third kappa shape index (κ3) is 2.98. The number of rotatable bonds is 4. The molecule has 2 fully saturated rings. The van der Waals surface area contributed by atoms with Gasteiger partial charge in [-0.25, -0.2) is 15.0 Å². The number of piperidine rings is 2. The number of fused-ring (bicyclic) bond motifs is 1. The second kappa shape index (κ2) is 6.59. The monoisotopic (exact) mass is 326 g/mol. The summed E-state index contributed by atoms with van der Waals surface area (Å²) in [5.41, 5.74) is 1.08. The minimum Gasteiger partial charge on any atom is -0.348 e. The highest BCUT2D eigenvalue weighted by atomic mass is 16.2. The fourth-order valence-electron chi connectivity index (χ4n) is 3.94. The van der Waals surface area contributed by atoms with Crippen molar-refractivity contribution < 1.29 is 4.79 Å². The largest absolute Gasteiger partial charge is 0.348 e. The number of amides is 1. The first-order valence-corrected chi connectivity index (χ1v) is 8.60. The predicted octanol–water partition coefficient (Wildman–Crippen LogP) is 1.26. The Balaban J connectivity index is 1.43. The summed E-state index contributed by atoms with van der Waals surface area (Å²) in [5, 5.41) is 0. The Morgan fingerprint density at radius 1 is 1.25 bits per heavy atom. The van der Waals surface area contributed by atoms with Gasteiger partial charge >= 0.3 is 0 Å². The van der Waals surface area contributed by atoms with E-state index in [0.29, 0.717) is 24.3 Å². The van der Waals surface area contributed by atoms with Crippen molar-refractivity contribution in [3.8, 4) is 0 Å². The maximum absolute atomic E-state index is 12.4. The van der Waals surface area contributed by atoms with Gasteiger partial charge in [-0.15, -0.1) is 0 Å². The van der Waals surface area contributed by atoms with Crippen molar-refractivity contribution in [1.82, 2.24) is 24.8 Å². The molecule has 0 spiro atoms. The van der Waals surface area contributed by atoms with Gasteiger partial charge in [-0.2, -0.15) is 0 Å². The molecule has 0 radical (unpaired) electrons. The smallest absolute Gasteiger partial charge is 0.225 e. The van der Waals surface area contributed by atoms with E-state index in [-0.39, 0.29) is 0 Å². The SMILES string of the molecule is O=C1CC[C@@H]2CN(c3ncccn3)CC[C@@H]2N1CCc1cnc[nH]1. The number of aromatic amines is 1. The third-order valence-corrected chi connectivity index (χ3v) is 5.16. The van der Waals surface area contributed by atoms with Crippen LogP contribution in [0.2, 0.25) is 0 Å². The van der Waals surface area contributed by atoms with E-state index in [1.165, 1.54) is 0 Å². The molecule has 0 aliphatic carbocycles. The lowest BCUT2D eigenvalue weighted by Crippen LogP contribution is -2.56. The van der Waals surface area contributed by atoms with Crippen LogP contribution in [-0.2, 0) is 11.2 Å². The molecule has 2 aliphatic rings. The van der Waals surface area contributed by atoms with Crippen LogP contribution in [0.4, 0.5) is 5.95 Å². The second-order valence-electron chi connectivity index (χ2n) is 6.56. The third-order valence-electron chi connectivity index (χ3n) is 5.16. The molecule has 4 heterocycles. The normalized spacial score (nSPS) is 24.1. The lowest BCUT2D eigenvalue weighted by atomic mass is 9.83. The van der Waals surface area contributed by atoms with Crippen LogP contribution in [0.3, 0.4) is 0 Å². The van der Waals surface area contributed by atoms with Gasteiger partial charge in [0.25, 0.3) is 0 Å². The first kappa shape index (κ1) is 15.1. The summed E-state index contributed by atoms with van der Waals surface area (Å²) in [6, 6.07) is 2.18. The van der Waals surface area contributed by atoms with Crippen molar-refractivity contribution in [3.63, 3.8) is 0 Å². The van der Waals surface area contributed by atoms with Gasteiger partial charge in [0.05, 0.1) is 6.33 Å². The maximum atomic E-state index is 12.4. The molecular weight excluding hydrogens is 304 g/mol. The number of aromatic nitrogens is 4. The topological polar surface area (TPSA) is 78.0 Å². The number of H-pyrrole nitrogens is 1. The molecule has 1 amide bonds. The lowest BCUT2D eigenvalue weighted by Gasteiger charge is -2.47. The fourth-order valence-corrected chi connectivity index (χ4v) is 3.94. The van der Waals surface area contributed by atoms with Crippen molar-refractivity contribution in [2.24, 2.45) is 5.92 Å². The Bertz CT molecular complexity index is 674. The molecule has 0 aromatic carbocycles. The molecule has 2 aliphatic heterocycles. The first-order valence-electron chi connectivity index (χ1n) is 8.60. The summed E-state index contributed by atoms with van der Waals surface area (Å²) in [5.74, 6) is 1.60. The zero-order valence-corrected chi connectivity index (χ0v) is 13.6. The van der Waals surface area contributed by atoms with E-state index >= 15 is 0 Å². The van der Waals surface area contributed by atoms with E-state index in [1.807, 2.05) is 12.3 Å². The molecule has 0 bridgehead atoms. The van der Waals surface area contributed by atoms with Crippen LogP contribution in [-0.4, -0.2) is 56.4 Å². The summed E-state index contributed by atoms with van der Waals surface area (Å²) < 4.78 is 0. The van der Waals surface area contributed by atoms with Gasteiger partial charge in [0.2, 0.25) is 11.9 Å². The number of imidazole rings is 1. The molecule has 126 valence electrons. The Morgan fingerprint density at radius 3 is 2.92 bits per heavy atom. The van der Waals surface area contributed by atoms with E-state index < -0.39 is 0 Å². The van der Waals surface area contributed by atoms with E-state index in [4.69, 9.17) is 0 Å². The summed E-state index contributed by atoms with van der Waals surface area (Å²) >= 11 is 0. The Kier molecular flexibility index (Phi) is 4.15. The van der Waals surface area contributed by atoms with Gasteiger partial charge < -0.3 is 14.8 Å². The molecule has 0 unspecified atom stereocenters. The average molecular weight is 326 g/mol. The van der Waals surface area contributed by atoms with Crippen LogP contribution in [0, 0.1) is 5.92 Å². The average Bonchev–Trinajstić information content (AvgIpc) is 3.15. The molecule has 0 saturated carbocycles. The van der Waals surface area contributed by atoms with Crippen LogP contribution in [0.1, 0.15) is 25.0 Å². The Morgan fingerprint density at radius 2 is 2.12 bits per heavy atom. The van der Waals surface area contributed by atoms with Crippen molar-refractivity contribution in [2.75, 3.05) is 24.5 Å². The molecule has 4 rings (SSSR count). The predicted molar refractivity (Wildman–Crippen MR) is 89.4 cm³/mol. The van der Waals surface area contributed by atoms with Gasteiger partial charge in [-0.3, -0.25) is 4.79 Å². The van der Waals surface area contributed by atoms with Gasteiger partial charge in [-0.1, -0.05) is 0 Å². The highest BCUT2D eigenvalue weighted by Gasteiger charge is 2.39. The maximum Gasteiger partial charge on any atom is 0.225 e. The van der Waals surface area contributed by atoms with Crippen molar-refractivity contribution in [1.29, 1.82) is 0 Å².